The molecule has 2 aromatic carbocycles. The summed E-state index contributed by atoms with van der Waals surface area (Å²) in [4.78, 5) is 0. The zero-order chi connectivity index (χ0) is 10.8. The minimum Gasteiger partial charge on any atom is -0.465 e. The monoisotopic (exact) mass is 213 g/mol. The summed E-state index contributed by atoms with van der Waals surface area (Å²) in [5.41, 5.74) is 1.37. The van der Waals surface area contributed by atoms with Crippen molar-refractivity contribution in [3.63, 3.8) is 0 Å². The van der Waals surface area contributed by atoms with E-state index in [-0.39, 0.29) is 0 Å². The van der Waals surface area contributed by atoms with Gasteiger partial charge >= 0.3 is 14.4 Å². The number of anilines is 1. The smallest absolute Gasteiger partial charge is 0.407 e. The van der Waals surface area contributed by atoms with Gasteiger partial charge in [0.2, 0.25) is 0 Å². The third-order valence-electron chi connectivity index (χ3n) is 2.92. The van der Waals surface area contributed by atoms with Crippen molar-refractivity contribution in [1.82, 2.24) is 0 Å². The molecule has 0 spiro atoms. The predicted molar refractivity (Wildman–Crippen MR) is 69.8 cm³/mol. The van der Waals surface area contributed by atoms with Crippen LogP contribution in [-0.4, -0.2) is 21.4 Å². The van der Waals surface area contributed by atoms with Crippen LogP contribution in [0.4, 0.5) is 5.69 Å². The Labute approximate surface area is 95.9 Å². The second-order valence-corrected chi connectivity index (χ2v) is 7.17. The van der Waals surface area contributed by atoms with Gasteiger partial charge in [0.1, 0.15) is 0 Å². The first-order chi connectivity index (χ1) is 7.20. The molecule has 0 radical (unpaired) electrons. The molecule has 0 saturated carbocycles. The van der Waals surface area contributed by atoms with Crippen LogP contribution in [0.15, 0.2) is 42.5 Å². The average molecular weight is 213 g/mol. The molecule has 2 heteroatoms. The van der Waals surface area contributed by atoms with E-state index in [1.165, 1.54) is 16.5 Å². The van der Waals surface area contributed by atoms with E-state index in [2.05, 4.69) is 65.0 Å². The molecule has 2 aromatic rings. The largest absolute Gasteiger partial charge is 0.465 e. The van der Waals surface area contributed by atoms with E-state index < -0.39 is 14.4 Å². The highest BCUT2D eigenvalue weighted by Gasteiger charge is 2.13. The lowest BCUT2D eigenvalue weighted by atomic mass is 10.1. The molecule has 0 saturated heterocycles. The molecule has 0 amide bonds. The van der Waals surface area contributed by atoms with E-state index >= 15 is 0 Å². The molecule has 76 valence electrons. The maximum atomic E-state index is 2.45. The first-order valence-corrected chi connectivity index (χ1v) is 8.23. The van der Waals surface area contributed by atoms with Crippen LogP contribution in [0, 0.1) is 0 Å². The second-order valence-electron chi connectivity index (χ2n) is 4.20. The summed E-state index contributed by atoms with van der Waals surface area (Å²) in [6, 6.07) is 15.1. The summed E-state index contributed by atoms with van der Waals surface area (Å²) < 4.78 is 2.45. The van der Waals surface area contributed by atoms with Crippen molar-refractivity contribution >= 4 is 30.8 Å². The van der Waals surface area contributed by atoms with Gasteiger partial charge < -0.3 is 3.88 Å². The van der Waals surface area contributed by atoms with Crippen molar-refractivity contribution in [2.45, 2.75) is 11.6 Å². The highest BCUT2D eigenvalue weighted by atomic mass is 27.2. The Morgan fingerprint density at radius 1 is 0.933 bits per heavy atom. The van der Waals surface area contributed by atoms with Gasteiger partial charge in [-0.25, -0.2) is 0 Å². The SMILES string of the molecule is C[N](c1cccc2ccccc12)[Al]([CH3])[CH3]. The standard InChI is InChI=1S/C11H10N.2CH3.Al/c1-12-11-8-4-6-9-5-2-3-7-10(9)11;;;/h2-8H,1H3;2*1H3;/q-1;;;+1. The van der Waals surface area contributed by atoms with Crippen LogP contribution < -0.4 is 3.88 Å². The first kappa shape index (κ1) is 10.5. The molecular weight excluding hydrogens is 197 g/mol. The molecule has 15 heavy (non-hydrogen) atoms. The van der Waals surface area contributed by atoms with Crippen LogP contribution in [0.3, 0.4) is 0 Å². The summed E-state index contributed by atoms with van der Waals surface area (Å²) in [6.07, 6.45) is 0. The number of nitrogens with zero attached hydrogens (tertiary/aromatic N) is 1. The third-order valence-corrected chi connectivity index (χ3v) is 4.75. The number of benzene rings is 2. The van der Waals surface area contributed by atoms with E-state index in [1.807, 2.05) is 0 Å². The van der Waals surface area contributed by atoms with Gasteiger partial charge in [-0.15, -0.1) is 0 Å². The van der Waals surface area contributed by atoms with E-state index in [4.69, 9.17) is 0 Å². The summed E-state index contributed by atoms with van der Waals surface area (Å²) in [5, 5.41) is 2.69. The summed E-state index contributed by atoms with van der Waals surface area (Å²) in [7, 11) is 2.21. The number of fused-ring (bicyclic) bond motifs is 1. The Morgan fingerprint density at radius 2 is 1.60 bits per heavy atom. The van der Waals surface area contributed by atoms with Gasteiger partial charge in [0.25, 0.3) is 0 Å². The van der Waals surface area contributed by atoms with Crippen molar-refractivity contribution in [3.8, 4) is 0 Å². The Kier molecular flexibility index (Phi) is 3.00. The third kappa shape index (κ3) is 2.02. The van der Waals surface area contributed by atoms with Gasteiger partial charge in [-0.2, -0.15) is 0 Å². The fraction of sp³-hybridized carbons (Fsp3) is 0.231. The van der Waals surface area contributed by atoms with Gasteiger partial charge in [0.05, 0.1) is 0 Å². The molecule has 0 aliphatic carbocycles. The molecule has 0 bridgehead atoms. The summed E-state index contributed by atoms with van der Waals surface area (Å²) in [6.45, 7) is 0. The molecule has 1 nitrogen and oxygen atoms in total. The Morgan fingerprint density at radius 3 is 2.33 bits per heavy atom. The zero-order valence-electron chi connectivity index (χ0n) is 9.57. The van der Waals surface area contributed by atoms with Crippen LogP contribution in [-0.2, 0) is 0 Å². The van der Waals surface area contributed by atoms with Gasteiger partial charge in [-0.05, 0) is 18.5 Å². The number of rotatable bonds is 2. The quantitative estimate of drug-likeness (QED) is 0.690. The van der Waals surface area contributed by atoms with E-state index in [9.17, 15) is 0 Å². The van der Waals surface area contributed by atoms with Crippen molar-refractivity contribution in [2.75, 3.05) is 10.9 Å². The highest BCUT2D eigenvalue weighted by Crippen LogP contribution is 2.26. The van der Waals surface area contributed by atoms with Gasteiger partial charge in [0.15, 0.2) is 0 Å². The Balaban J connectivity index is 2.60. The van der Waals surface area contributed by atoms with Crippen molar-refractivity contribution in [3.05, 3.63) is 42.5 Å². The number of hydrogen-bond acceptors (Lipinski definition) is 1. The van der Waals surface area contributed by atoms with Crippen molar-refractivity contribution in [1.29, 1.82) is 0 Å². The summed E-state index contributed by atoms with van der Waals surface area (Å²) >= 11 is -0.766. The van der Waals surface area contributed by atoms with Crippen molar-refractivity contribution in [2.24, 2.45) is 0 Å². The molecule has 0 aromatic heterocycles. The fourth-order valence-electron chi connectivity index (χ4n) is 1.79. The van der Waals surface area contributed by atoms with E-state index in [0.717, 1.165) is 0 Å². The molecule has 2 rings (SSSR count). The lowest BCUT2D eigenvalue weighted by Crippen LogP contribution is -2.30. The molecule has 0 aliphatic heterocycles. The number of hydrogen-bond donors (Lipinski definition) is 0. The molecule has 0 fully saturated rings. The molecule has 0 heterocycles. The zero-order valence-corrected chi connectivity index (χ0v) is 10.7. The topological polar surface area (TPSA) is 3.24 Å². The maximum Gasteiger partial charge on any atom is 0.407 e. The van der Waals surface area contributed by atoms with Gasteiger partial charge in [0, 0.05) is 11.1 Å². The lowest BCUT2D eigenvalue weighted by Gasteiger charge is -2.23. The molecular formula is C13H16AlN. The van der Waals surface area contributed by atoms with Crippen molar-refractivity contribution < 1.29 is 0 Å². The average Bonchev–Trinajstić information content (AvgIpc) is 2.27. The minimum atomic E-state index is -0.766. The van der Waals surface area contributed by atoms with Crippen LogP contribution in [0.25, 0.3) is 10.8 Å². The Hall–Kier alpha value is -0.968. The lowest BCUT2D eigenvalue weighted by molar-refractivity contribution is 1.31. The predicted octanol–water partition coefficient (Wildman–Crippen LogP) is 3.53. The van der Waals surface area contributed by atoms with Crippen LogP contribution in [0.2, 0.25) is 11.6 Å². The Bertz CT molecular complexity index is 460. The molecule has 0 aliphatic rings. The van der Waals surface area contributed by atoms with Crippen LogP contribution in [0.1, 0.15) is 0 Å². The van der Waals surface area contributed by atoms with E-state index in [0.29, 0.717) is 0 Å². The van der Waals surface area contributed by atoms with Crippen LogP contribution >= 0.6 is 0 Å². The first-order valence-electron chi connectivity index (χ1n) is 5.41. The molecule has 0 unspecified atom stereocenters. The normalized spacial score (nSPS) is 10.3. The molecule has 0 atom stereocenters. The fourth-order valence-corrected chi connectivity index (χ4v) is 2.58. The summed E-state index contributed by atoms with van der Waals surface area (Å²) in [5.74, 6) is 4.70. The second kappa shape index (κ2) is 4.27. The van der Waals surface area contributed by atoms with E-state index in [1.54, 1.807) is 0 Å². The van der Waals surface area contributed by atoms with Crippen LogP contribution in [0.5, 0.6) is 0 Å². The molecule has 0 N–H and O–H groups in total. The minimum absolute atomic E-state index is 0.766. The van der Waals surface area contributed by atoms with Gasteiger partial charge in [-0.3, -0.25) is 0 Å². The highest BCUT2D eigenvalue weighted by molar-refractivity contribution is 6.60. The van der Waals surface area contributed by atoms with Gasteiger partial charge in [-0.1, -0.05) is 48.0 Å². The maximum absolute atomic E-state index is 2.45.